The lowest BCUT2D eigenvalue weighted by Gasteiger charge is -2.23. The van der Waals surface area contributed by atoms with Gasteiger partial charge in [0.25, 0.3) is 0 Å². The summed E-state index contributed by atoms with van der Waals surface area (Å²) in [6.45, 7) is 1.48. The Morgan fingerprint density at radius 1 is 1.35 bits per heavy atom. The highest BCUT2D eigenvalue weighted by Gasteiger charge is 2.21. The van der Waals surface area contributed by atoms with E-state index in [0.29, 0.717) is 11.7 Å². The molecule has 1 aromatic carbocycles. The Morgan fingerprint density at radius 2 is 2.20 bits per heavy atom. The van der Waals surface area contributed by atoms with Crippen LogP contribution in [0.15, 0.2) is 35.0 Å². The predicted molar refractivity (Wildman–Crippen MR) is 82.7 cm³/mol. The molecule has 0 atom stereocenters. The van der Waals surface area contributed by atoms with Gasteiger partial charge in [-0.3, -0.25) is 0 Å². The summed E-state index contributed by atoms with van der Waals surface area (Å²) in [6.07, 6.45) is 2.49. The number of halogens is 1. The molecule has 1 aliphatic carbocycles. The predicted octanol–water partition coefficient (Wildman–Crippen LogP) is 3.78. The summed E-state index contributed by atoms with van der Waals surface area (Å²) in [6, 6.07) is 8.07. The van der Waals surface area contributed by atoms with Crippen LogP contribution in [-0.2, 0) is 13.1 Å². The monoisotopic (exact) mass is 290 g/mol. The maximum atomic E-state index is 14.2. The van der Waals surface area contributed by atoms with E-state index in [0.717, 1.165) is 18.7 Å². The molecule has 1 fully saturated rings. The molecule has 3 rings (SSSR count). The first-order valence-electron chi connectivity index (χ1n) is 6.97. The molecule has 2 nitrogen and oxygen atoms in total. The highest BCUT2D eigenvalue weighted by Crippen LogP contribution is 2.27. The number of hydrogen-bond donors (Lipinski definition) is 1. The average molecular weight is 290 g/mol. The molecular formula is C16H19FN2S. The molecule has 1 saturated carbocycles. The van der Waals surface area contributed by atoms with Gasteiger partial charge in [-0.1, -0.05) is 12.1 Å². The SMILES string of the molecule is CN(Cc1ccsc1)c1c(F)cccc1CNC1CC1. The van der Waals surface area contributed by atoms with E-state index in [4.69, 9.17) is 0 Å². The van der Waals surface area contributed by atoms with Crippen molar-refractivity contribution >= 4 is 17.0 Å². The van der Waals surface area contributed by atoms with Crippen LogP contribution in [0.1, 0.15) is 24.0 Å². The first-order valence-corrected chi connectivity index (χ1v) is 7.91. The van der Waals surface area contributed by atoms with Gasteiger partial charge in [0, 0.05) is 26.2 Å². The zero-order chi connectivity index (χ0) is 13.9. The Labute approximate surface area is 123 Å². The molecule has 0 radical (unpaired) electrons. The first kappa shape index (κ1) is 13.6. The molecule has 106 valence electrons. The Balaban J connectivity index is 1.78. The van der Waals surface area contributed by atoms with E-state index < -0.39 is 0 Å². The average Bonchev–Trinajstić information content (AvgIpc) is 3.13. The molecule has 4 heteroatoms. The zero-order valence-electron chi connectivity index (χ0n) is 11.6. The van der Waals surface area contributed by atoms with Crippen molar-refractivity contribution in [3.63, 3.8) is 0 Å². The van der Waals surface area contributed by atoms with Crippen molar-refractivity contribution in [2.45, 2.75) is 32.0 Å². The third-order valence-corrected chi connectivity index (χ3v) is 4.34. The van der Waals surface area contributed by atoms with Crippen molar-refractivity contribution in [2.75, 3.05) is 11.9 Å². The van der Waals surface area contributed by atoms with Crippen molar-refractivity contribution < 1.29 is 4.39 Å². The maximum absolute atomic E-state index is 14.2. The van der Waals surface area contributed by atoms with Crippen molar-refractivity contribution in [1.82, 2.24) is 5.32 Å². The van der Waals surface area contributed by atoms with E-state index in [1.165, 1.54) is 18.4 Å². The molecule has 0 aliphatic heterocycles. The molecule has 0 amide bonds. The van der Waals surface area contributed by atoms with Gasteiger partial charge in [0.05, 0.1) is 5.69 Å². The molecule has 1 aromatic heterocycles. The lowest BCUT2D eigenvalue weighted by atomic mass is 10.1. The molecule has 0 saturated heterocycles. The number of nitrogens with one attached hydrogen (secondary N) is 1. The van der Waals surface area contributed by atoms with E-state index in [1.54, 1.807) is 23.5 Å². The van der Waals surface area contributed by atoms with Gasteiger partial charge in [-0.05, 0) is 46.9 Å². The second kappa shape index (κ2) is 5.94. The van der Waals surface area contributed by atoms with Gasteiger partial charge in [-0.25, -0.2) is 4.39 Å². The minimum atomic E-state index is -0.141. The fraction of sp³-hybridized carbons (Fsp3) is 0.375. The van der Waals surface area contributed by atoms with Gasteiger partial charge in [0.2, 0.25) is 0 Å². The lowest BCUT2D eigenvalue weighted by molar-refractivity contribution is 0.613. The van der Waals surface area contributed by atoms with Crippen LogP contribution in [0.3, 0.4) is 0 Å². The molecule has 0 spiro atoms. The minimum absolute atomic E-state index is 0.141. The number of para-hydroxylation sites is 1. The number of nitrogens with zero attached hydrogens (tertiary/aromatic N) is 1. The fourth-order valence-electron chi connectivity index (χ4n) is 2.41. The molecule has 0 bridgehead atoms. The van der Waals surface area contributed by atoms with Crippen LogP contribution in [0.25, 0.3) is 0 Å². The van der Waals surface area contributed by atoms with E-state index in [9.17, 15) is 4.39 Å². The third-order valence-electron chi connectivity index (χ3n) is 3.61. The van der Waals surface area contributed by atoms with Gasteiger partial charge in [-0.2, -0.15) is 11.3 Å². The fourth-order valence-corrected chi connectivity index (χ4v) is 3.07. The summed E-state index contributed by atoms with van der Waals surface area (Å²) in [5.74, 6) is -0.141. The van der Waals surface area contributed by atoms with Crippen LogP contribution in [0.2, 0.25) is 0 Å². The molecular weight excluding hydrogens is 271 g/mol. The van der Waals surface area contributed by atoms with E-state index in [-0.39, 0.29) is 5.82 Å². The maximum Gasteiger partial charge on any atom is 0.146 e. The molecule has 1 N–H and O–H groups in total. The third kappa shape index (κ3) is 3.19. The minimum Gasteiger partial charge on any atom is -0.368 e. The standard InChI is InChI=1S/C16H19FN2S/c1-19(10-12-7-8-20-11-12)16-13(3-2-4-15(16)17)9-18-14-5-6-14/h2-4,7-8,11,14,18H,5-6,9-10H2,1H3. The van der Waals surface area contributed by atoms with Crippen molar-refractivity contribution in [3.05, 3.63) is 52.0 Å². The van der Waals surface area contributed by atoms with Gasteiger partial charge in [-0.15, -0.1) is 0 Å². The molecule has 1 heterocycles. The summed E-state index contributed by atoms with van der Waals surface area (Å²) in [7, 11) is 1.96. The second-order valence-corrected chi connectivity index (χ2v) is 6.17. The van der Waals surface area contributed by atoms with Crippen LogP contribution < -0.4 is 10.2 Å². The summed E-state index contributed by atoms with van der Waals surface area (Å²) >= 11 is 1.67. The van der Waals surface area contributed by atoms with E-state index >= 15 is 0 Å². The Bertz CT molecular complexity index is 564. The zero-order valence-corrected chi connectivity index (χ0v) is 12.4. The number of rotatable bonds is 6. The largest absolute Gasteiger partial charge is 0.368 e. The van der Waals surface area contributed by atoms with Gasteiger partial charge >= 0.3 is 0 Å². The first-order chi connectivity index (χ1) is 9.74. The molecule has 20 heavy (non-hydrogen) atoms. The highest BCUT2D eigenvalue weighted by molar-refractivity contribution is 7.07. The highest BCUT2D eigenvalue weighted by atomic mass is 32.1. The van der Waals surface area contributed by atoms with Gasteiger partial charge in [0.15, 0.2) is 0 Å². The summed E-state index contributed by atoms with van der Waals surface area (Å²) in [5.41, 5.74) is 2.98. The molecule has 2 aromatic rings. The number of anilines is 1. The van der Waals surface area contributed by atoms with Crippen molar-refractivity contribution in [1.29, 1.82) is 0 Å². The lowest BCUT2D eigenvalue weighted by Crippen LogP contribution is -2.22. The van der Waals surface area contributed by atoms with Crippen molar-refractivity contribution in [3.8, 4) is 0 Å². The summed E-state index contributed by atoms with van der Waals surface area (Å²) in [4.78, 5) is 2.00. The number of benzene rings is 1. The van der Waals surface area contributed by atoms with Crippen LogP contribution in [0.5, 0.6) is 0 Å². The van der Waals surface area contributed by atoms with Gasteiger partial charge < -0.3 is 10.2 Å². The summed E-state index contributed by atoms with van der Waals surface area (Å²) < 4.78 is 14.2. The quantitative estimate of drug-likeness (QED) is 0.871. The smallest absolute Gasteiger partial charge is 0.146 e. The Morgan fingerprint density at radius 3 is 2.90 bits per heavy atom. The Kier molecular flexibility index (Phi) is 4.03. The molecule has 0 unspecified atom stereocenters. The van der Waals surface area contributed by atoms with Crippen LogP contribution >= 0.6 is 11.3 Å². The number of thiophene rings is 1. The number of hydrogen-bond acceptors (Lipinski definition) is 3. The van der Waals surface area contributed by atoms with Crippen LogP contribution in [0.4, 0.5) is 10.1 Å². The Hall–Kier alpha value is -1.39. The van der Waals surface area contributed by atoms with Crippen LogP contribution in [0, 0.1) is 5.82 Å². The van der Waals surface area contributed by atoms with Crippen molar-refractivity contribution in [2.24, 2.45) is 0 Å². The van der Waals surface area contributed by atoms with Gasteiger partial charge in [0.1, 0.15) is 5.82 Å². The second-order valence-electron chi connectivity index (χ2n) is 5.39. The summed E-state index contributed by atoms with van der Waals surface area (Å²) in [5, 5.41) is 7.63. The molecule has 1 aliphatic rings. The topological polar surface area (TPSA) is 15.3 Å². The van der Waals surface area contributed by atoms with E-state index in [1.807, 2.05) is 18.0 Å². The normalized spacial score (nSPS) is 14.5. The van der Waals surface area contributed by atoms with E-state index in [2.05, 4.69) is 22.1 Å². The van der Waals surface area contributed by atoms with Crippen LogP contribution in [-0.4, -0.2) is 13.1 Å².